The largest absolute Gasteiger partial charge is 0.393 e. The molecule has 3 unspecified atom stereocenters. The number of hydrogen-bond donors (Lipinski definition) is 1. The van der Waals surface area contributed by atoms with Crippen LogP contribution in [0, 0.1) is 12.8 Å². The second-order valence-electron chi connectivity index (χ2n) is 6.04. The first-order chi connectivity index (χ1) is 10.00. The first-order valence-corrected chi connectivity index (χ1v) is 9.88. The molecule has 1 aromatic heterocycles. The zero-order chi connectivity index (χ0) is 15.0. The number of thiazole rings is 1. The quantitative estimate of drug-likeness (QED) is 0.922. The Labute approximate surface area is 130 Å². The summed E-state index contributed by atoms with van der Waals surface area (Å²) in [6, 6.07) is -0.0484. The molecule has 1 saturated carbocycles. The molecule has 1 aliphatic carbocycles. The summed E-state index contributed by atoms with van der Waals surface area (Å²) in [7, 11) is -3.46. The molecular formula is C14H22N2O3S2. The molecular weight excluding hydrogens is 308 g/mol. The second kappa shape index (κ2) is 5.95. The van der Waals surface area contributed by atoms with Crippen LogP contribution >= 0.6 is 11.3 Å². The molecule has 1 aromatic rings. The van der Waals surface area contributed by atoms with E-state index in [1.807, 2.05) is 6.92 Å². The molecule has 1 N–H and O–H groups in total. The number of aryl methyl sites for hydroxylation is 1. The Balaban J connectivity index is 1.86. The average molecular weight is 330 g/mol. The van der Waals surface area contributed by atoms with Crippen LogP contribution in [0.15, 0.2) is 10.4 Å². The van der Waals surface area contributed by atoms with Gasteiger partial charge in [-0.05, 0) is 32.6 Å². The van der Waals surface area contributed by atoms with E-state index in [9.17, 15) is 13.5 Å². The summed E-state index contributed by atoms with van der Waals surface area (Å²) in [5, 5.41) is 11.0. The van der Waals surface area contributed by atoms with Gasteiger partial charge in [-0.15, -0.1) is 11.3 Å². The van der Waals surface area contributed by atoms with Crippen molar-refractivity contribution < 1.29 is 13.5 Å². The molecule has 0 bridgehead atoms. The molecule has 3 rings (SSSR count). The minimum Gasteiger partial charge on any atom is -0.393 e. The Hall–Kier alpha value is -0.500. The summed E-state index contributed by atoms with van der Waals surface area (Å²) in [5.41, 5.74) is 0. The lowest BCUT2D eigenvalue weighted by molar-refractivity contribution is 0.0387. The van der Waals surface area contributed by atoms with E-state index in [1.54, 1.807) is 4.31 Å². The summed E-state index contributed by atoms with van der Waals surface area (Å²) in [6.07, 6.45) is 6.71. The normalized spacial score (nSPS) is 31.6. The number of nitrogens with zero attached hydrogens (tertiary/aromatic N) is 2. The fraction of sp³-hybridized carbons (Fsp3) is 0.786. The first-order valence-electron chi connectivity index (χ1n) is 7.62. The van der Waals surface area contributed by atoms with Crippen molar-refractivity contribution in [1.29, 1.82) is 0 Å². The van der Waals surface area contributed by atoms with Crippen LogP contribution < -0.4 is 0 Å². The fourth-order valence-electron chi connectivity index (χ4n) is 3.66. The van der Waals surface area contributed by atoms with Crippen LogP contribution in [0.1, 0.15) is 43.5 Å². The number of aliphatic hydroxyl groups is 1. The van der Waals surface area contributed by atoms with E-state index in [2.05, 4.69) is 4.98 Å². The van der Waals surface area contributed by atoms with E-state index in [-0.39, 0.29) is 18.1 Å². The fourth-order valence-corrected chi connectivity index (χ4v) is 6.63. The first kappa shape index (κ1) is 15.4. The standard InChI is InChI=1S/C14H22N2O3S2/c1-10-15-9-14(20-10)21(18,19)16-8-4-6-12(16)11-5-2-3-7-13(11)17/h9,11-13,17H,2-8H2,1H3. The zero-order valence-electron chi connectivity index (χ0n) is 12.2. The van der Waals surface area contributed by atoms with Crippen molar-refractivity contribution in [2.75, 3.05) is 6.54 Å². The van der Waals surface area contributed by atoms with E-state index < -0.39 is 10.0 Å². The third kappa shape index (κ3) is 2.88. The highest BCUT2D eigenvalue weighted by atomic mass is 32.2. The molecule has 118 valence electrons. The molecule has 0 radical (unpaired) electrons. The van der Waals surface area contributed by atoms with Crippen molar-refractivity contribution in [3.8, 4) is 0 Å². The summed E-state index contributed by atoms with van der Waals surface area (Å²) >= 11 is 1.23. The third-order valence-corrected chi connectivity index (χ3v) is 7.96. The predicted molar refractivity (Wildman–Crippen MR) is 81.7 cm³/mol. The lowest BCUT2D eigenvalue weighted by Crippen LogP contribution is -2.45. The minimum atomic E-state index is -3.46. The maximum atomic E-state index is 12.8. The second-order valence-corrected chi connectivity index (χ2v) is 9.39. The molecule has 0 aromatic carbocycles. The molecule has 2 aliphatic rings. The third-order valence-electron chi connectivity index (χ3n) is 4.69. The van der Waals surface area contributed by atoms with Crippen molar-refractivity contribution in [2.45, 2.75) is 61.8 Å². The molecule has 0 spiro atoms. The van der Waals surface area contributed by atoms with Crippen molar-refractivity contribution >= 4 is 21.4 Å². The minimum absolute atomic E-state index is 0.0484. The van der Waals surface area contributed by atoms with E-state index in [0.717, 1.165) is 43.5 Å². The van der Waals surface area contributed by atoms with Crippen LogP contribution in [0.4, 0.5) is 0 Å². The van der Waals surface area contributed by atoms with Crippen LogP contribution in [0.5, 0.6) is 0 Å². The molecule has 0 amide bonds. The molecule has 5 nitrogen and oxygen atoms in total. The molecule has 2 heterocycles. The van der Waals surface area contributed by atoms with Crippen LogP contribution in [-0.4, -0.2) is 41.5 Å². The van der Waals surface area contributed by atoms with E-state index in [0.29, 0.717) is 10.8 Å². The van der Waals surface area contributed by atoms with Crippen molar-refractivity contribution in [2.24, 2.45) is 5.92 Å². The molecule has 2 fully saturated rings. The highest BCUT2D eigenvalue weighted by Gasteiger charge is 2.43. The van der Waals surface area contributed by atoms with Gasteiger partial charge in [0.05, 0.1) is 17.3 Å². The molecule has 1 aliphatic heterocycles. The average Bonchev–Trinajstić information content (AvgIpc) is 3.08. The number of sulfonamides is 1. The van der Waals surface area contributed by atoms with Gasteiger partial charge in [0.1, 0.15) is 0 Å². The molecule has 21 heavy (non-hydrogen) atoms. The smallest absolute Gasteiger partial charge is 0.254 e. The SMILES string of the molecule is Cc1ncc(S(=O)(=O)N2CCCC2C2CCCCC2O)s1. The highest BCUT2D eigenvalue weighted by molar-refractivity contribution is 7.91. The van der Waals surface area contributed by atoms with Crippen molar-refractivity contribution in [1.82, 2.24) is 9.29 Å². The lowest BCUT2D eigenvalue weighted by atomic mass is 9.81. The summed E-state index contributed by atoms with van der Waals surface area (Å²) in [5.74, 6) is 0.0880. The van der Waals surface area contributed by atoms with Crippen LogP contribution in [0.25, 0.3) is 0 Å². The Morgan fingerprint density at radius 1 is 1.29 bits per heavy atom. The number of hydrogen-bond acceptors (Lipinski definition) is 5. The van der Waals surface area contributed by atoms with E-state index in [4.69, 9.17) is 0 Å². The lowest BCUT2D eigenvalue weighted by Gasteiger charge is -2.36. The van der Waals surface area contributed by atoms with Gasteiger partial charge in [-0.25, -0.2) is 13.4 Å². The summed E-state index contributed by atoms with van der Waals surface area (Å²) < 4.78 is 27.6. The van der Waals surface area contributed by atoms with E-state index >= 15 is 0 Å². The van der Waals surface area contributed by atoms with Crippen LogP contribution in [0.2, 0.25) is 0 Å². The van der Waals surface area contributed by atoms with Crippen molar-refractivity contribution in [3.05, 3.63) is 11.2 Å². The van der Waals surface area contributed by atoms with Crippen LogP contribution in [0.3, 0.4) is 0 Å². The van der Waals surface area contributed by atoms with Gasteiger partial charge in [-0.3, -0.25) is 0 Å². The van der Waals surface area contributed by atoms with Gasteiger partial charge in [0.25, 0.3) is 10.0 Å². The van der Waals surface area contributed by atoms with Gasteiger partial charge < -0.3 is 5.11 Å². The Kier molecular flexibility index (Phi) is 4.36. The van der Waals surface area contributed by atoms with Crippen LogP contribution in [-0.2, 0) is 10.0 Å². The summed E-state index contributed by atoms with van der Waals surface area (Å²) in [4.78, 5) is 4.07. The molecule has 3 atom stereocenters. The number of aliphatic hydroxyl groups excluding tert-OH is 1. The Morgan fingerprint density at radius 3 is 2.71 bits per heavy atom. The van der Waals surface area contributed by atoms with Gasteiger partial charge >= 0.3 is 0 Å². The van der Waals surface area contributed by atoms with Crippen molar-refractivity contribution in [3.63, 3.8) is 0 Å². The van der Waals surface area contributed by atoms with E-state index in [1.165, 1.54) is 17.5 Å². The molecule has 1 saturated heterocycles. The van der Waals surface area contributed by atoms with Gasteiger partial charge in [-0.2, -0.15) is 4.31 Å². The number of rotatable bonds is 3. The topological polar surface area (TPSA) is 70.5 Å². The zero-order valence-corrected chi connectivity index (χ0v) is 13.9. The summed E-state index contributed by atoms with van der Waals surface area (Å²) in [6.45, 7) is 2.38. The highest BCUT2D eigenvalue weighted by Crippen LogP contribution is 2.38. The monoisotopic (exact) mass is 330 g/mol. The molecule has 7 heteroatoms. The maximum Gasteiger partial charge on any atom is 0.254 e. The number of aromatic nitrogens is 1. The Bertz CT molecular complexity index is 599. The van der Waals surface area contributed by atoms with Gasteiger partial charge in [-0.1, -0.05) is 12.8 Å². The Morgan fingerprint density at radius 2 is 2.05 bits per heavy atom. The van der Waals surface area contributed by atoms with Gasteiger partial charge in [0.2, 0.25) is 0 Å². The predicted octanol–water partition coefficient (Wildman–Crippen LogP) is 2.16. The van der Waals surface area contributed by atoms with Gasteiger partial charge in [0.15, 0.2) is 4.21 Å². The maximum absolute atomic E-state index is 12.8. The van der Waals surface area contributed by atoms with Gasteiger partial charge in [0, 0.05) is 18.5 Å².